The Hall–Kier alpha value is -2.15. The molecule has 2 fully saturated rings. The van der Waals surface area contributed by atoms with Gasteiger partial charge in [0.15, 0.2) is 0 Å². The number of rotatable bonds is 4. The maximum Gasteiger partial charge on any atom is 0.215 e. The maximum atomic E-state index is 13.2. The fourth-order valence-corrected chi connectivity index (χ4v) is 9.41. The van der Waals surface area contributed by atoms with Crippen molar-refractivity contribution in [1.82, 2.24) is 14.5 Å². The van der Waals surface area contributed by atoms with Crippen LogP contribution in [0.4, 0.5) is 0 Å². The smallest absolute Gasteiger partial charge is 0.215 e. The number of benzene rings is 2. The summed E-state index contributed by atoms with van der Waals surface area (Å²) in [7, 11) is -1.30. The third kappa shape index (κ3) is 4.02. The molecule has 2 aliphatic carbocycles. The number of hydrogen-bond acceptors (Lipinski definition) is 3. The van der Waals surface area contributed by atoms with E-state index in [1.165, 1.54) is 11.1 Å². The molecule has 2 bridgehead atoms. The summed E-state index contributed by atoms with van der Waals surface area (Å²) in [6.45, 7) is 2.07. The Bertz CT molecular complexity index is 1400. The lowest BCUT2D eigenvalue weighted by Crippen LogP contribution is -2.61. The Kier molecular flexibility index (Phi) is 6.05. The lowest BCUT2D eigenvalue weighted by atomic mass is 9.76. The van der Waals surface area contributed by atoms with E-state index in [2.05, 4.69) is 35.9 Å². The number of sulfonamides is 1. The van der Waals surface area contributed by atoms with Crippen LogP contribution in [0.15, 0.2) is 48.5 Å². The first-order valence-corrected chi connectivity index (χ1v) is 15.2. The number of aryl methyl sites for hydroxylation is 1. The molecule has 36 heavy (non-hydrogen) atoms. The van der Waals surface area contributed by atoms with E-state index in [1.807, 2.05) is 36.0 Å². The van der Waals surface area contributed by atoms with Gasteiger partial charge in [0.25, 0.3) is 0 Å². The van der Waals surface area contributed by atoms with Crippen molar-refractivity contribution in [3.05, 3.63) is 64.7 Å². The predicted octanol–water partition coefficient (Wildman–Crippen LogP) is 6.15. The Labute approximate surface area is 219 Å². The second kappa shape index (κ2) is 9.00. The fraction of sp³-hybridized carbons (Fsp3) is 0.483. The average Bonchev–Trinajstić information content (AvgIpc) is 3.33. The highest BCUT2D eigenvalue weighted by Crippen LogP contribution is 2.52. The van der Waals surface area contributed by atoms with Gasteiger partial charge in [0.05, 0.1) is 16.6 Å². The SMILES string of the molecule is CCCC1CC[C@@]2(NS1(=O)=O)[C@@H]1CC[C@H]2Cc2cc(-c3cc(-c4ccc(Cl)cc4)n(C)n3)ccc2C1. The van der Waals surface area contributed by atoms with Crippen molar-refractivity contribution in [2.24, 2.45) is 18.9 Å². The molecule has 6 rings (SSSR count). The van der Waals surface area contributed by atoms with Crippen LogP contribution in [0.2, 0.25) is 5.02 Å². The Balaban J connectivity index is 1.30. The highest BCUT2D eigenvalue weighted by atomic mass is 35.5. The minimum atomic E-state index is -3.28. The molecule has 1 aliphatic heterocycles. The van der Waals surface area contributed by atoms with Crippen LogP contribution in [0.1, 0.15) is 56.6 Å². The highest BCUT2D eigenvalue weighted by Gasteiger charge is 2.56. The summed E-state index contributed by atoms with van der Waals surface area (Å²) in [5.41, 5.74) is 6.64. The summed E-state index contributed by atoms with van der Waals surface area (Å²) in [5.74, 6) is 0.725. The fourth-order valence-electron chi connectivity index (χ4n) is 7.17. The van der Waals surface area contributed by atoms with Crippen LogP contribution < -0.4 is 4.72 Å². The van der Waals surface area contributed by atoms with Crippen molar-refractivity contribution in [1.29, 1.82) is 0 Å². The average molecular weight is 524 g/mol. The summed E-state index contributed by atoms with van der Waals surface area (Å²) in [4.78, 5) is 0. The quantitative estimate of drug-likeness (QED) is 0.446. The summed E-state index contributed by atoms with van der Waals surface area (Å²) in [5, 5.41) is 5.31. The van der Waals surface area contributed by atoms with Gasteiger partial charge in [0, 0.05) is 23.2 Å². The van der Waals surface area contributed by atoms with Gasteiger partial charge < -0.3 is 0 Å². The predicted molar refractivity (Wildman–Crippen MR) is 145 cm³/mol. The van der Waals surface area contributed by atoms with Gasteiger partial charge in [-0.05, 0) is 97.7 Å². The van der Waals surface area contributed by atoms with Gasteiger partial charge in [-0.3, -0.25) is 4.68 Å². The van der Waals surface area contributed by atoms with Crippen molar-refractivity contribution in [2.75, 3.05) is 0 Å². The molecule has 1 spiro atoms. The van der Waals surface area contributed by atoms with Crippen molar-refractivity contribution in [3.63, 3.8) is 0 Å². The van der Waals surface area contributed by atoms with Gasteiger partial charge in [0.1, 0.15) is 0 Å². The zero-order valence-electron chi connectivity index (χ0n) is 21.0. The summed E-state index contributed by atoms with van der Waals surface area (Å²) in [6, 6.07) is 16.7. The van der Waals surface area contributed by atoms with Crippen LogP contribution >= 0.6 is 11.6 Å². The van der Waals surface area contributed by atoms with E-state index in [0.29, 0.717) is 11.8 Å². The molecule has 2 heterocycles. The molecular formula is C29H34ClN3O2S. The third-order valence-corrected chi connectivity index (χ3v) is 11.3. The number of halogens is 1. The first kappa shape index (κ1) is 24.2. The molecule has 7 heteroatoms. The van der Waals surface area contributed by atoms with Crippen molar-refractivity contribution >= 4 is 21.6 Å². The molecule has 1 N–H and O–H groups in total. The molecule has 2 aromatic carbocycles. The third-order valence-electron chi connectivity index (χ3n) is 9.04. The minimum absolute atomic E-state index is 0.233. The standard InChI is InChI=1S/C29H34ClN3O2S/c1-3-4-26-13-14-29(32-36(26,34)35)23-9-10-24(29)17-22-15-21(6-5-20(22)16-23)27-18-28(33(2)31-27)19-7-11-25(30)12-8-19/h5-8,11-12,15,18,23-24,26,32H,3-4,9-10,13-14,16-17H2,1-2H3/t23-,24+,26?,29-/m1/s1. The molecule has 0 amide bonds. The van der Waals surface area contributed by atoms with Crippen molar-refractivity contribution in [2.45, 2.75) is 69.1 Å². The van der Waals surface area contributed by atoms with E-state index >= 15 is 0 Å². The van der Waals surface area contributed by atoms with Crippen LogP contribution in [0.3, 0.4) is 0 Å². The van der Waals surface area contributed by atoms with E-state index in [0.717, 1.165) is 78.9 Å². The van der Waals surface area contributed by atoms with E-state index in [4.69, 9.17) is 16.7 Å². The largest absolute Gasteiger partial charge is 0.267 e. The maximum absolute atomic E-state index is 13.2. The lowest BCUT2D eigenvalue weighted by molar-refractivity contribution is 0.188. The summed E-state index contributed by atoms with van der Waals surface area (Å²) < 4.78 is 31.7. The molecule has 190 valence electrons. The minimum Gasteiger partial charge on any atom is -0.267 e. The normalized spacial score (nSPS) is 28.7. The van der Waals surface area contributed by atoms with Gasteiger partial charge in [0.2, 0.25) is 10.0 Å². The van der Waals surface area contributed by atoms with E-state index in [1.54, 1.807) is 0 Å². The molecule has 1 saturated heterocycles. The molecule has 5 nitrogen and oxygen atoms in total. The Morgan fingerprint density at radius 3 is 2.39 bits per heavy atom. The molecule has 1 aromatic heterocycles. The molecule has 4 atom stereocenters. The second-order valence-electron chi connectivity index (χ2n) is 11.0. The van der Waals surface area contributed by atoms with Crippen LogP contribution in [0, 0.1) is 11.8 Å². The van der Waals surface area contributed by atoms with Crippen molar-refractivity contribution < 1.29 is 8.42 Å². The zero-order valence-corrected chi connectivity index (χ0v) is 22.6. The summed E-state index contributed by atoms with van der Waals surface area (Å²) >= 11 is 6.08. The highest BCUT2D eigenvalue weighted by molar-refractivity contribution is 7.90. The van der Waals surface area contributed by atoms with Gasteiger partial charge in [-0.1, -0.05) is 49.2 Å². The topological polar surface area (TPSA) is 64.0 Å². The lowest BCUT2D eigenvalue weighted by Gasteiger charge is -2.45. The molecule has 1 saturated carbocycles. The van der Waals surface area contributed by atoms with Crippen LogP contribution in [-0.2, 0) is 29.9 Å². The molecular weight excluding hydrogens is 490 g/mol. The van der Waals surface area contributed by atoms with Crippen LogP contribution in [-0.4, -0.2) is 29.0 Å². The number of nitrogens with zero attached hydrogens (tertiary/aromatic N) is 2. The first-order chi connectivity index (χ1) is 17.3. The molecule has 1 unspecified atom stereocenters. The van der Waals surface area contributed by atoms with Crippen molar-refractivity contribution in [3.8, 4) is 22.5 Å². The van der Waals surface area contributed by atoms with Crippen LogP contribution in [0.5, 0.6) is 0 Å². The number of hydrogen-bond donors (Lipinski definition) is 1. The summed E-state index contributed by atoms with van der Waals surface area (Å²) in [6.07, 6.45) is 7.51. The Morgan fingerprint density at radius 2 is 1.69 bits per heavy atom. The molecule has 3 aliphatic rings. The van der Waals surface area contributed by atoms with Gasteiger partial charge in [-0.2, -0.15) is 5.10 Å². The van der Waals surface area contributed by atoms with Gasteiger partial charge >= 0.3 is 0 Å². The van der Waals surface area contributed by atoms with E-state index < -0.39 is 10.0 Å². The number of aromatic nitrogens is 2. The first-order valence-electron chi connectivity index (χ1n) is 13.2. The number of nitrogens with one attached hydrogen (secondary N) is 1. The Morgan fingerprint density at radius 1 is 1.00 bits per heavy atom. The van der Waals surface area contributed by atoms with Crippen LogP contribution in [0.25, 0.3) is 22.5 Å². The zero-order chi connectivity index (χ0) is 25.1. The molecule has 0 radical (unpaired) electrons. The van der Waals surface area contributed by atoms with E-state index in [9.17, 15) is 8.42 Å². The van der Waals surface area contributed by atoms with Gasteiger partial charge in [-0.15, -0.1) is 0 Å². The number of fused-ring (bicyclic) bond motifs is 1. The van der Waals surface area contributed by atoms with Gasteiger partial charge in [-0.25, -0.2) is 13.1 Å². The second-order valence-corrected chi connectivity index (χ2v) is 13.4. The van der Waals surface area contributed by atoms with E-state index in [-0.39, 0.29) is 10.8 Å². The monoisotopic (exact) mass is 523 g/mol. The molecule has 3 aromatic rings.